The predicted octanol–water partition coefficient (Wildman–Crippen LogP) is 5.81. The molecule has 0 amide bonds. The lowest BCUT2D eigenvalue weighted by Gasteiger charge is -2.32. The summed E-state index contributed by atoms with van der Waals surface area (Å²) in [5.74, 6) is 1.70. The van der Waals surface area contributed by atoms with E-state index in [1.807, 2.05) is 6.20 Å². The van der Waals surface area contributed by atoms with Crippen molar-refractivity contribution in [2.45, 2.75) is 40.0 Å². The van der Waals surface area contributed by atoms with E-state index in [4.69, 9.17) is 9.72 Å². The third-order valence-electron chi connectivity index (χ3n) is 6.01. The Balaban J connectivity index is 1.66. The van der Waals surface area contributed by atoms with Crippen LogP contribution >= 0.6 is 0 Å². The van der Waals surface area contributed by atoms with Crippen LogP contribution < -0.4 is 0 Å². The summed E-state index contributed by atoms with van der Waals surface area (Å²) in [4.78, 5) is 9.32. The van der Waals surface area contributed by atoms with E-state index in [2.05, 4.69) is 68.4 Å². The Morgan fingerprint density at radius 1 is 1.11 bits per heavy atom. The fraction of sp³-hybridized carbons (Fsp3) is 0.360. The molecule has 4 rings (SSSR count). The SMILES string of the molecule is CCc1ccc2ccnc(CCC3=CC(OC)=CC4=C(C)N=CC(C)C34)c2c1. The number of benzene rings is 1. The van der Waals surface area contributed by atoms with Crippen LogP contribution in [0, 0.1) is 11.8 Å². The predicted molar refractivity (Wildman–Crippen MR) is 116 cm³/mol. The maximum atomic E-state index is 5.59. The van der Waals surface area contributed by atoms with Crippen LogP contribution in [0.15, 0.2) is 70.2 Å². The molecule has 3 heteroatoms. The summed E-state index contributed by atoms with van der Waals surface area (Å²) in [6, 6.07) is 8.84. The Morgan fingerprint density at radius 3 is 2.75 bits per heavy atom. The first-order valence-corrected chi connectivity index (χ1v) is 10.2. The Kier molecular flexibility index (Phi) is 5.17. The van der Waals surface area contributed by atoms with Gasteiger partial charge in [0.2, 0.25) is 0 Å². The molecule has 3 nitrogen and oxygen atoms in total. The second-order valence-electron chi connectivity index (χ2n) is 7.79. The number of aliphatic imine (C=N–C) groups is 1. The number of hydrogen-bond acceptors (Lipinski definition) is 3. The molecule has 2 aromatic rings. The van der Waals surface area contributed by atoms with Crippen LogP contribution in [0.1, 0.15) is 38.4 Å². The Bertz CT molecular complexity index is 1030. The maximum Gasteiger partial charge on any atom is 0.119 e. The number of methoxy groups -OCH3 is 1. The average Bonchev–Trinajstić information content (AvgIpc) is 2.73. The summed E-state index contributed by atoms with van der Waals surface area (Å²) in [5.41, 5.74) is 6.35. The van der Waals surface area contributed by atoms with Crippen molar-refractivity contribution >= 4 is 17.0 Å². The van der Waals surface area contributed by atoms with E-state index in [1.165, 1.54) is 33.2 Å². The summed E-state index contributed by atoms with van der Waals surface area (Å²) < 4.78 is 5.59. The zero-order valence-corrected chi connectivity index (χ0v) is 17.2. The van der Waals surface area contributed by atoms with E-state index in [0.29, 0.717) is 11.8 Å². The van der Waals surface area contributed by atoms with Crippen molar-refractivity contribution in [1.82, 2.24) is 4.98 Å². The zero-order chi connectivity index (χ0) is 19.7. The lowest BCUT2D eigenvalue weighted by molar-refractivity contribution is 0.302. The molecule has 0 spiro atoms. The van der Waals surface area contributed by atoms with Crippen LogP contribution in [-0.4, -0.2) is 18.3 Å². The van der Waals surface area contributed by atoms with Gasteiger partial charge in [0, 0.05) is 41.0 Å². The van der Waals surface area contributed by atoms with Crippen molar-refractivity contribution in [3.05, 3.63) is 76.5 Å². The molecule has 144 valence electrons. The van der Waals surface area contributed by atoms with E-state index < -0.39 is 0 Å². The third-order valence-corrected chi connectivity index (χ3v) is 6.01. The van der Waals surface area contributed by atoms with E-state index in [1.54, 1.807) is 7.11 Å². The monoisotopic (exact) mass is 372 g/mol. The molecule has 0 fully saturated rings. The molecular weight excluding hydrogens is 344 g/mol. The molecule has 0 bridgehead atoms. The number of nitrogens with zero attached hydrogens (tertiary/aromatic N) is 2. The Morgan fingerprint density at radius 2 is 1.96 bits per heavy atom. The molecule has 1 aliphatic heterocycles. The number of aryl methyl sites for hydroxylation is 2. The van der Waals surface area contributed by atoms with Crippen LogP contribution in [0.2, 0.25) is 0 Å². The van der Waals surface area contributed by atoms with Gasteiger partial charge >= 0.3 is 0 Å². The van der Waals surface area contributed by atoms with E-state index in [0.717, 1.165) is 30.7 Å². The normalized spacial score (nSPS) is 21.4. The minimum atomic E-state index is 0.387. The van der Waals surface area contributed by atoms with Crippen LogP contribution in [0.25, 0.3) is 10.8 Å². The number of hydrogen-bond donors (Lipinski definition) is 0. The van der Waals surface area contributed by atoms with E-state index in [9.17, 15) is 0 Å². The van der Waals surface area contributed by atoms with E-state index >= 15 is 0 Å². The molecule has 0 saturated carbocycles. The van der Waals surface area contributed by atoms with E-state index in [-0.39, 0.29) is 0 Å². The number of fused-ring (bicyclic) bond motifs is 2. The minimum absolute atomic E-state index is 0.387. The minimum Gasteiger partial charge on any atom is -0.497 e. The van der Waals surface area contributed by atoms with Crippen LogP contribution in [0.3, 0.4) is 0 Å². The first kappa shape index (κ1) is 18.7. The topological polar surface area (TPSA) is 34.5 Å². The fourth-order valence-corrected chi connectivity index (χ4v) is 4.40. The van der Waals surface area contributed by atoms with Gasteiger partial charge in [0.1, 0.15) is 5.76 Å². The van der Waals surface area contributed by atoms with Crippen molar-refractivity contribution in [2.75, 3.05) is 7.11 Å². The quantitative estimate of drug-likeness (QED) is 0.664. The van der Waals surface area contributed by atoms with Gasteiger partial charge in [-0.05, 0) is 67.0 Å². The average molecular weight is 373 g/mol. The van der Waals surface area contributed by atoms with Crippen molar-refractivity contribution in [2.24, 2.45) is 16.8 Å². The maximum absolute atomic E-state index is 5.59. The van der Waals surface area contributed by atoms with Crippen LogP contribution in [-0.2, 0) is 17.6 Å². The van der Waals surface area contributed by atoms with Gasteiger partial charge in [-0.3, -0.25) is 9.98 Å². The van der Waals surface area contributed by atoms with Gasteiger partial charge in [-0.2, -0.15) is 0 Å². The molecule has 1 aromatic heterocycles. The van der Waals surface area contributed by atoms with Crippen molar-refractivity contribution in [3.63, 3.8) is 0 Å². The fourth-order valence-electron chi connectivity index (χ4n) is 4.40. The second-order valence-corrected chi connectivity index (χ2v) is 7.79. The lowest BCUT2D eigenvalue weighted by atomic mass is 9.75. The molecule has 0 radical (unpaired) electrons. The molecule has 1 aromatic carbocycles. The van der Waals surface area contributed by atoms with Gasteiger partial charge < -0.3 is 4.74 Å². The standard InChI is InChI=1S/C25H28N2O/c1-5-18-6-7-19-10-11-26-24(23(19)12-18)9-8-20-13-21(28-4)14-22-17(3)27-15-16(2)25(20)22/h6-7,10-16,25H,5,8-9H2,1-4H3. The lowest BCUT2D eigenvalue weighted by Crippen LogP contribution is -2.24. The number of allylic oxidation sites excluding steroid dienone is 5. The zero-order valence-electron chi connectivity index (χ0n) is 17.2. The van der Waals surface area contributed by atoms with Crippen LogP contribution in [0.4, 0.5) is 0 Å². The highest BCUT2D eigenvalue weighted by Crippen LogP contribution is 2.40. The molecule has 0 saturated heterocycles. The third kappa shape index (κ3) is 3.42. The molecule has 28 heavy (non-hydrogen) atoms. The molecule has 2 unspecified atom stereocenters. The molecule has 2 atom stereocenters. The summed E-state index contributed by atoms with van der Waals surface area (Å²) in [6.07, 6.45) is 11.4. The van der Waals surface area contributed by atoms with Gasteiger partial charge in [-0.25, -0.2) is 0 Å². The number of pyridine rings is 1. The molecule has 2 heterocycles. The number of ether oxygens (including phenoxy) is 1. The molecular formula is C25H28N2O. The van der Waals surface area contributed by atoms with Gasteiger partial charge in [0.15, 0.2) is 0 Å². The van der Waals surface area contributed by atoms with Gasteiger partial charge in [-0.1, -0.05) is 31.6 Å². The highest BCUT2D eigenvalue weighted by atomic mass is 16.5. The van der Waals surface area contributed by atoms with Crippen molar-refractivity contribution in [3.8, 4) is 0 Å². The van der Waals surface area contributed by atoms with Gasteiger partial charge in [0.25, 0.3) is 0 Å². The summed E-state index contributed by atoms with van der Waals surface area (Å²) in [5, 5.41) is 2.55. The van der Waals surface area contributed by atoms with Gasteiger partial charge in [-0.15, -0.1) is 0 Å². The summed E-state index contributed by atoms with van der Waals surface area (Å²) in [6.45, 7) is 6.55. The Hall–Kier alpha value is -2.68. The second kappa shape index (κ2) is 7.75. The van der Waals surface area contributed by atoms with Crippen molar-refractivity contribution in [1.29, 1.82) is 0 Å². The van der Waals surface area contributed by atoms with Crippen LogP contribution in [0.5, 0.6) is 0 Å². The largest absolute Gasteiger partial charge is 0.497 e. The van der Waals surface area contributed by atoms with Gasteiger partial charge in [0.05, 0.1) is 7.11 Å². The molecule has 2 aliphatic rings. The summed E-state index contributed by atoms with van der Waals surface area (Å²) >= 11 is 0. The first-order valence-electron chi connectivity index (χ1n) is 10.2. The number of rotatable bonds is 5. The summed E-state index contributed by atoms with van der Waals surface area (Å²) in [7, 11) is 1.74. The van der Waals surface area contributed by atoms with Crippen molar-refractivity contribution < 1.29 is 4.74 Å². The molecule has 0 N–H and O–H groups in total. The number of aromatic nitrogens is 1. The highest BCUT2D eigenvalue weighted by molar-refractivity contribution is 5.85. The smallest absolute Gasteiger partial charge is 0.119 e. The highest BCUT2D eigenvalue weighted by Gasteiger charge is 2.30. The first-order chi connectivity index (χ1) is 13.6. The molecule has 1 aliphatic carbocycles. The Labute approximate surface area is 167 Å².